The van der Waals surface area contributed by atoms with Gasteiger partial charge in [0.05, 0.1) is 0 Å². The largest absolute Gasteiger partial charge is 0.365 e. The van der Waals surface area contributed by atoms with Crippen LogP contribution in [-0.4, -0.2) is 15.8 Å². The van der Waals surface area contributed by atoms with Crippen LogP contribution in [0.3, 0.4) is 0 Å². The Kier molecular flexibility index (Phi) is 2.49. The fraction of sp³-hybridized carbons (Fsp3) is 0.750. The number of aryl methyl sites for hydroxylation is 2. The van der Waals surface area contributed by atoms with Gasteiger partial charge < -0.3 is 5.32 Å². The predicted molar refractivity (Wildman–Crippen MR) is 63.0 cm³/mol. The minimum Gasteiger partial charge on any atom is -0.365 e. The van der Waals surface area contributed by atoms with Crippen molar-refractivity contribution >= 4 is 5.82 Å². The predicted octanol–water partition coefficient (Wildman–Crippen LogP) is 2.72. The van der Waals surface area contributed by atoms with Crippen molar-refractivity contribution in [3.8, 4) is 0 Å². The quantitative estimate of drug-likeness (QED) is 0.808. The van der Waals surface area contributed by atoms with E-state index in [0.29, 0.717) is 11.5 Å². The van der Waals surface area contributed by atoms with E-state index < -0.39 is 0 Å². The maximum absolute atomic E-state index is 4.44. The summed E-state index contributed by atoms with van der Waals surface area (Å²) in [6.45, 7) is 6.76. The SMILES string of the molecule is Cc1cc(NC2CCCC2(C)C)nn1C. The van der Waals surface area contributed by atoms with Crippen molar-refractivity contribution in [3.63, 3.8) is 0 Å². The Labute approximate surface area is 91.9 Å². The van der Waals surface area contributed by atoms with Gasteiger partial charge in [-0.3, -0.25) is 4.68 Å². The zero-order valence-corrected chi connectivity index (χ0v) is 10.2. The Morgan fingerprint density at radius 2 is 2.27 bits per heavy atom. The second kappa shape index (κ2) is 3.54. The van der Waals surface area contributed by atoms with E-state index in [1.54, 1.807) is 0 Å². The summed E-state index contributed by atoms with van der Waals surface area (Å²) in [6.07, 6.45) is 3.91. The summed E-state index contributed by atoms with van der Waals surface area (Å²) in [4.78, 5) is 0. The highest BCUT2D eigenvalue weighted by atomic mass is 15.3. The van der Waals surface area contributed by atoms with Gasteiger partial charge in [-0.2, -0.15) is 5.10 Å². The van der Waals surface area contributed by atoms with Crippen LogP contribution in [0.5, 0.6) is 0 Å². The maximum atomic E-state index is 4.44. The molecule has 0 saturated heterocycles. The second-order valence-corrected chi connectivity index (χ2v) is 5.37. The molecule has 1 aromatic heterocycles. The second-order valence-electron chi connectivity index (χ2n) is 5.37. The first-order chi connectivity index (χ1) is 6.99. The number of nitrogens with one attached hydrogen (secondary N) is 1. The zero-order chi connectivity index (χ0) is 11.1. The summed E-state index contributed by atoms with van der Waals surface area (Å²) in [5, 5.41) is 8.01. The van der Waals surface area contributed by atoms with Crippen molar-refractivity contribution in [2.24, 2.45) is 12.5 Å². The van der Waals surface area contributed by atoms with Crippen LogP contribution in [0.15, 0.2) is 6.07 Å². The molecule has 1 aliphatic rings. The van der Waals surface area contributed by atoms with Crippen LogP contribution >= 0.6 is 0 Å². The molecule has 1 aromatic rings. The van der Waals surface area contributed by atoms with Gasteiger partial charge in [0.15, 0.2) is 0 Å². The molecule has 0 spiro atoms. The molecule has 0 bridgehead atoms. The van der Waals surface area contributed by atoms with E-state index in [2.05, 4.69) is 37.3 Å². The third kappa shape index (κ3) is 2.01. The van der Waals surface area contributed by atoms with Crippen LogP contribution in [0.4, 0.5) is 5.82 Å². The molecule has 0 amide bonds. The molecule has 1 atom stereocenters. The molecule has 1 aliphatic carbocycles. The van der Waals surface area contributed by atoms with Gasteiger partial charge in [-0.1, -0.05) is 20.3 Å². The van der Waals surface area contributed by atoms with E-state index in [9.17, 15) is 0 Å². The average molecular weight is 207 g/mol. The van der Waals surface area contributed by atoms with Crippen molar-refractivity contribution in [1.82, 2.24) is 9.78 Å². The monoisotopic (exact) mass is 207 g/mol. The van der Waals surface area contributed by atoms with Gasteiger partial charge in [0, 0.05) is 24.8 Å². The van der Waals surface area contributed by atoms with E-state index >= 15 is 0 Å². The highest BCUT2D eigenvalue weighted by molar-refractivity contribution is 5.37. The Morgan fingerprint density at radius 3 is 2.73 bits per heavy atom. The number of hydrogen-bond donors (Lipinski definition) is 1. The number of nitrogens with zero attached hydrogens (tertiary/aromatic N) is 2. The summed E-state index contributed by atoms with van der Waals surface area (Å²) in [5.74, 6) is 1.02. The molecule has 1 saturated carbocycles. The fourth-order valence-corrected chi connectivity index (χ4v) is 2.40. The molecule has 0 aromatic carbocycles. The van der Waals surface area contributed by atoms with Crippen LogP contribution in [0.1, 0.15) is 38.8 Å². The van der Waals surface area contributed by atoms with Crippen LogP contribution in [-0.2, 0) is 7.05 Å². The Morgan fingerprint density at radius 1 is 1.53 bits per heavy atom. The molecule has 3 heteroatoms. The zero-order valence-electron chi connectivity index (χ0n) is 10.2. The summed E-state index contributed by atoms with van der Waals surface area (Å²) in [5.41, 5.74) is 1.61. The number of rotatable bonds is 2. The van der Waals surface area contributed by atoms with Gasteiger partial charge in [0.2, 0.25) is 0 Å². The molecule has 0 radical (unpaired) electrons. The molecule has 2 rings (SSSR count). The van der Waals surface area contributed by atoms with Crippen LogP contribution < -0.4 is 5.32 Å². The van der Waals surface area contributed by atoms with E-state index in [4.69, 9.17) is 0 Å². The van der Waals surface area contributed by atoms with E-state index in [1.807, 2.05) is 11.7 Å². The van der Waals surface area contributed by atoms with Crippen molar-refractivity contribution in [1.29, 1.82) is 0 Å². The van der Waals surface area contributed by atoms with Gasteiger partial charge in [-0.05, 0) is 25.2 Å². The fourth-order valence-electron chi connectivity index (χ4n) is 2.40. The summed E-state index contributed by atoms with van der Waals surface area (Å²) in [7, 11) is 1.99. The molecule has 84 valence electrons. The lowest BCUT2D eigenvalue weighted by atomic mass is 9.87. The molecule has 1 unspecified atom stereocenters. The number of aromatic nitrogens is 2. The number of anilines is 1. The van der Waals surface area contributed by atoms with E-state index in [-0.39, 0.29) is 0 Å². The van der Waals surface area contributed by atoms with E-state index in [0.717, 1.165) is 5.82 Å². The Hall–Kier alpha value is -0.990. The highest BCUT2D eigenvalue weighted by Gasteiger charge is 2.34. The van der Waals surface area contributed by atoms with Crippen LogP contribution in [0.2, 0.25) is 0 Å². The molecule has 1 N–H and O–H groups in total. The maximum Gasteiger partial charge on any atom is 0.148 e. The molecule has 1 fully saturated rings. The standard InChI is InChI=1S/C12H21N3/c1-9-8-11(14-15(9)4)13-10-6-5-7-12(10,2)3/h8,10H,5-7H2,1-4H3,(H,13,14). The van der Waals surface area contributed by atoms with Crippen molar-refractivity contribution in [3.05, 3.63) is 11.8 Å². The van der Waals surface area contributed by atoms with Gasteiger partial charge >= 0.3 is 0 Å². The molecule has 1 heterocycles. The molecule has 0 aliphatic heterocycles. The van der Waals surface area contributed by atoms with Crippen LogP contribution in [0, 0.1) is 12.3 Å². The average Bonchev–Trinajstić information content (AvgIpc) is 2.59. The van der Waals surface area contributed by atoms with Gasteiger partial charge in [-0.15, -0.1) is 0 Å². The topological polar surface area (TPSA) is 29.9 Å². The van der Waals surface area contributed by atoms with E-state index in [1.165, 1.54) is 25.0 Å². The van der Waals surface area contributed by atoms with Crippen molar-refractivity contribution in [2.75, 3.05) is 5.32 Å². The lowest BCUT2D eigenvalue weighted by Gasteiger charge is -2.27. The Bertz CT molecular complexity index is 332. The third-order valence-corrected chi connectivity index (χ3v) is 3.69. The molecular weight excluding hydrogens is 186 g/mol. The lowest BCUT2D eigenvalue weighted by Crippen LogP contribution is -2.30. The summed E-state index contributed by atoms with van der Waals surface area (Å²) >= 11 is 0. The summed E-state index contributed by atoms with van der Waals surface area (Å²) in [6, 6.07) is 2.70. The lowest BCUT2D eigenvalue weighted by molar-refractivity contribution is 0.349. The molecular formula is C12H21N3. The highest BCUT2D eigenvalue weighted by Crippen LogP contribution is 2.38. The van der Waals surface area contributed by atoms with Crippen molar-refractivity contribution in [2.45, 2.75) is 46.1 Å². The Balaban J connectivity index is 2.09. The minimum absolute atomic E-state index is 0.408. The minimum atomic E-state index is 0.408. The van der Waals surface area contributed by atoms with Gasteiger partial charge in [-0.25, -0.2) is 0 Å². The number of hydrogen-bond acceptors (Lipinski definition) is 2. The normalized spacial score (nSPS) is 24.4. The smallest absolute Gasteiger partial charge is 0.148 e. The molecule has 15 heavy (non-hydrogen) atoms. The van der Waals surface area contributed by atoms with Crippen molar-refractivity contribution < 1.29 is 0 Å². The first-order valence-electron chi connectivity index (χ1n) is 5.76. The van der Waals surface area contributed by atoms with Gasteiger partial charge in [0.25, 0.3) is 0 Å². The van der Waals surface area contributed by atoms with Crippen LogP contribution in [0.25, 0.3) is 0 Å². The molecule has 3 nitrogen and oxygen atoms in total. The first-order valence-corrected chi connectivity index (χ1v) is 5.76. The first kappa shape index (κ1) is 10.5. The third-order valence-electron chi connectivity index (χ3n) is 3.69. The summed E-state index contributed by atoms with van der Waals surface area (Å²) < 4.78 is 1.92. The van der Waals surface area contributed by atoms with Gasteiger partial charge in [0.1, 0.15) is 5.82 Å².